The molecule has 0 atom stereocenters. The molecule has 0 fully saturated rings. The van der Waals surface area contributed by atoms with Crippen molar-refractivity contribution in [2.24, 2.45) is 0 Å². The first kappa shape index (κ1) is 17.2. The Labute approximate surface area is 141 Å². The average molecular weight is 334 g/mol. The molecule has 2 aromatic rings. The maximum atomic E-state index is 11.9. The fourth-order valence-electron chi connectivity index (χ4n) is 1.90. The van der Waals surface area contributed by atoms with Gasteiger partial charge in [0.25, 0.3) is 5.91 Å². The zero-order valence-electron chi connectivity index (χ0n) is 13.0. The molecule has 0 radical (unpaired) electrons. The second-order valence-corrected chi connectivity index (χ2v) is 5.42. The summed E-state index contributed by atoms with van der Waals surface area (Å²) < 4.78 is 11.1. The van der Waals surface area contributed by atoms with Crippen molar-refractivity contribution >= 4 is 17.5 Å². The Kier molecular flexibility index (Phi) is 6.76. The molecule has 0 bridgehead atoms. The number of nitrogens with one attached hydrogen (secondary N) is 1. The van der Waals surface area contributed by atoms with Gasteiger partial charge in [0.15, 0.2) is 18.1 Å². The van der Waals surface area contributed by atoms with Crippen LogP contribution in [0.3, 0.4) is 0 Å². The number of carbonyl (C=O) groups is 1. The molecule has 2 rings (SSSR count). The third-order valence-electron chi connectivity index (χ3n) is 3.07. The van der Waals surface area contributed by atoms with Gasteiger partial charge in [-0.25, -0.2) is 0 Å². The van der Waals surface area contributed by atoms with Crippen molar-refractivity contribution in [1.29, 1.82) is 0 Å². The summed E-state index contributed by atoms with van der Waals surface area (Å²) >= 11 is 5.82. The number of halogens is 1. The van der Waals surface area contributed by atoms with Crippen molar-refractivity contribution in [3.05, 3.63) is 59.1 Å². The summed E-state index contributed by atoms with van der Waals surface area (Å²) in [5, 5.41) is 3.48. The molecule has 1 amide bonds. The van der Waals surface area contributed by atoms with Gasteiger partial charge in [0.1, 0.15) is 0 Å². The van der Waals surface area contributed by atoms with Gasteiger partial charge < -0.3 is 14.8 Å². The van der Waals surface area contributed by atoms with E-state index < -0.39 is 0 Å². The fourth-order valence-corrected chi connectivity index (χ4v) is 2.02. The Morgan fingerprint density at radius 3 is 2.35 bits per heavy atom. The van der Waals surface area contributed by atoms with Crippen molar-refractivity contribution in [2.45, 2.75) is 19.9 Å². The monoisotopic (exact) mass is 333 g/mol. The van der Waals surface area contributed by atoms with E-state index in [2.05, 4.69) is 5.32 Å². The summed E-state index contributed by atoms with van der Waals surface area (Å²) in [5.74, 6) is 1.03. The van der Waals surface area contributed by atoms with Gasteiger partial charge in [-0.05, 0) is 36.2 Å². The summed E-state index contributed by atoms with van der Waals surface area (Å²) in [6.45, 7) is 3.03. The quantitative estimate of drug-likeness (QED) is 0.798. The van der Waals surface area contributed by atoms with E-state index in [1.165, 1.54) is 0 Å². The minimum atomic E-state index is -0.190. The molecule has 0 unspecified atom stereocenters. The lowest BCUT2D eigenvalue weighted by Crippen LogP contribution is -2.28. The highest BCUT2D eigenvalue weighted by Crippen LogP contribution is 2.26. The van der Waals surface area contributed by atoms with Crippen molar-refractivity contribution in [2.75, 3.05) is 13.2 Å². The van der Waals surface area contributed by atoms with E-state index >= 15 is 0 Å². The Morgan fingerprint density at radius 2 is 1.70 bits per heavy atom. The van der Waals surface area contributed by atoms with Crippen molar-refractivity contribution in [3.63, 3.8) is 0 Å². The van der Waals surface area contributed by atoms with Crippen molar-refractivity contribution in [1.82, 2.24) is 5.32 Å². The van der Waals surface area contributed by atoms with E-state index in [4.69, 9.17) is 21.1 Å². The van der Waals surface area contributed by atoms with E-state index in [1.54, 1.807) is 18.2 Å². The zero-order chi connectivity index (χ0) is 16.5. The van der Waals surface area contributed by atoms with E-state index in [1.807, 2.05) is 37.3 Å². The first-order valence-corrected chi connectivity index (χ1v) is 7.92. The standard InChI is InChI=1S/C18H20ClNO3/c1-2-11-22-16-5-3-4-6-17(16)23-13-18(21)20-12-14-7-9-15(19)10-8-14/h3-10H,2,11-13H2,1H3,(H,20,21). The summed E-state index contributed by atoms with van der Waals surface area (Å²) in [4.78, 5) is 11.9. The lowest BCUT2D eigenvalue weighted by molar-refractivity contribution is -0.123. The fraction of sp³-hybridized carbons (Fsp3) is 0.278. The lowest BCUT2D eigenvalue weighted by Gasteiger charge is -2.12. The van der Waals surface area contributed by atoms with Crippen LogP contribution in [-0.4, -0.2) is 19.1 Å². The molecule has 0 heterocycles. The molecule has 0 spiro atoms. The molecule has 0 aliphatic heterocycles. The summed E-state index contributed by atoms with van der Waals surface area (Å²) in [7, 11) is 0. The summed E-state index contributed by atoms with van der Waals surface area (Å²) in [6, 6.07) is 14.7. The molecule has 1 N–H and O–H groups in total. The zero-order valence-corrected chi connectivity index (χ0v) is 13.8. The van der Waals surface area contributed by atoms with Crippen molar-refractivity contribution < 1.29 is 14.3 Å². The summed E-state index contributed by atoms with van der Waals surface area (Å²) in [5.41, 5.74) is 0.981. The van der Waals surface area contributed by atoms with Crippen LogP contribution in [0.2, 0.25) is 5.02 Å². The normalized spacial score (nSPS) is 10.2. The number of carbonyl (C=O) groups excluding carboxylic acids is 1. The number of ether oxygens (including phenoxy) is 2. The molecular weight excluding hydrogens is 314 g/mol. The highest BCUT2D eigenvalue weighted by Gasteiger charge is 2.07. The van der Waals surface area contributed by atoms with Crippen LogP contribution < -0.4 is 14.8 Å². The number of hydrogen-bond acceptors (Lipinski definition) is 3. The molecule has 0 saturated carbocycles. The van der Waals surface area contributed by atoms with E-state index in [0.717, 1.165) is 12.0 Å². The molecule has 122 valence electrons. The second kappa shape index (κ2) is 9.06. The minimum absolute atomic E-state index is 0.0555. The van der Waals surface area contributed by atoms with E-state index in [-0.39, 0.29) is 12.5 Å². The first-order valence-electron chi connectivity index (χ1n) is 7.55. The molecule has 0 aliphatic rings. The third kappa shape index (κ3) is 5.83. The van der Waals surface area contributed by atoms with Crippen LogP contribution in [0.25, 0.3) is 0 Å². The molecule has 23 heavy (non-hydrogen) atoms. The number of benzene rings is 2. The topological polar surface area (TPSA) is 47.6 Å². The average Bonchev–Trinajstić information content (AvgIpc) is 2.58. The smallest absolute Gasteiger partial charge is 0.258 e. The van der Waals surface area contributed by atoms with Crippen LogP contribution in [0.4, 0.5) is 0 Å². The Morgan fingerprint density at radius 1 is 1.04 bits per heavy atom. The molecule has 4 nitrogen and oxygen atoms in total. The molecule has 2 aromatic carbocycles. The predicted octanol–water partition coefficient (Wildman–Crippen LogP) is 3.82. The van der Waals surface area contributed by atoms with E-state index in [0.29, 0.717) is 29.7 Å². The third-order valence-corrected chi connectivity index (χ3v) is 3.32. The Bertz CT molecular complexity index is 628. The van der Waals surface area contributed by atoms with Gasteiger partial charge >= 0.3 is 0 Å². The van der Waals surface area contributed by atoms with Crippen LogP contribution in [0.5, 0.6) is 11.5 Å². The van der Waals surface area contributed by atoms with E-state index in [9.17, 15) is 4.79 Å². The largest absolute Gasteiger partial charge is 0.490 e. The lowest BCUT2D eigenvalue weighted by atomic mass is 10.2. The highest BCUT2D eigenvalue weighted by molar-refractivity contribution is 6.30. The molecule has 0 aromatic heterocycles. The highest BCUT2D eigenvalue weighted by atomic mass is 35.5. The van der Waals surface area contributed by atoms with Crippen LogP contribution in [-0.2, 0) is 11.3 Å². The number of para-hydroxylation sites is 2. The second-order valence-electron chi connectivity index (χ2n) is 4.99. The molecule has 0 saturated heterocycles. The maximum Gasteiger partial charge on any atom is 0.258 e. The Hall–Kier alpha value is -2.20. The molecular formula is C18H20ClNO3. The molecule has 0 aliphatic carbocycles. The van der Waals surface area contributed by atoms with Gasteiger partial charge in [0.2, 0.25) is 0 Å². The molecule has 5 heteroatoms. The van der Waals surface area contributed by atoms with Gasteiger partial charge in [0.05, 0.1) is 6.61 Å². The van der Waals surface area contributed by atoms with Gasteiger partial charge in [-0.15, -0.1) is 0 Å². The van der Waals surface area contributed by atoms with Crippen LogP contribution in [0.15, 0.2) is 48.5 Å². The van der Waals surface area contributed by atoms with Gasteiger partial charge in [-0.2, -0.15) is 0 Å². The van der Waals surface area contributed by atoms with Crippen LogP contribution >= 0.6 is 11.6 Å². The minimum Gasteiger partial charge on any atom is -0.490 e. The number of amides is 1. The first-order chi connectivity index (χ1) is 11.2. The van der Waals surface area contributed by atoms with Crippen LogP contribution in [0, 0.1) is 0 Å². The van der Waals surface area contributed by atoms with Crippen LogP contribution in [0.1, 0.15) is 18.9 Å². The Balaban J connectivity index is 1.81. The SMILES string of the molecule is CCCOc1ccccc1OCC(=O)NCc1ccc(Cl)cc1. The maximum absolute atomic E-state index is 11.9. The van der Waals surface area contributed by atoms with Crippen molar-refractivity contribution in [3.8, 4) is 11.5 Å². The van der Waals surface area contributed by atoms with Gasteiger partial charge in [-0.1, -0.05) is 42.8 Å². The number of rotatable bonds is 8. The van der Waals surface area contributed by atoms with Gasteiger partial charge in [0, 0.05) is 11.6 Å². The van der Waals surface area contributed by atoms with Gasteiger partial charge in [-0.3, -0.25) is 4.79 Å². The summed E-state index contributed by atoms with van der Waals surface area (Å²) in [6.07, 6.45) is 0.913. The predicted molar refractivity (Wildman–Crippen MR) is 91.0 cm³/mol. The number of hydrogen-bond donors (Lipinski definition) is 1.